The van der Waals surface area contributed by atoms with Crippen LogP contribution in [0, 0.1) is 0 Å². The summed E-state index contributed by atoms with van der Waals surface area (Å²) in [6.45, 7) is 0. The van der Waals surface area contributed by atoms with E-state index < -0.39 is 0 Å². The second-order valence-corrected chi connectivity index (χ2v) is 7.56. The van der Waals surface area contributed by atoms with Crippen molar-refractivity contribution < 1.29 is 4.79 Å². The fraction of sp³-hybridized carbons (Fsp3) is 0. The number of para-hydroxylation sites is 1. The Kier molecular flexibility index (Phi) is 5.09. The molecule has 132 valence electrons. The average Bonchev–Trinajstić information content (AvgIpc) is 3.13. The molecule has 1 amide bonds. The van der Waals surface area contributed by atoms with Crippen LogP contribution >= 0.6 is 27.5 Å². The van der Waals surface area contributed by atoms with Crippen molar-refractivity contribution in [2.45, 2.75) is 0 Å². The summed E-state index contributed by atoms with van der Waals surface area (Å²) >= 11 is 4.71. The van der Waals surface area contributed by atoms with Crippen LogP contribution in [0.4, 0.5) is 0 Å². The Morgan fingerprint density at radius 2 is 1.52 bits per heavy atom. The first-order chi connectivity index (χ1) is 13.2. The molecule has 3 aromatic carbocycles. The number of halogens is 1. The summed E-state index contributed by atoms with van der Waals surface area (Å²) in [6, 6.07) is 26.9. The highest BCUT2D eigenvalue weighted by atomic mass is 79.9. The first kappa shape index (κ1) is 17.6. The Balaban J connectivity index is 1.82. The number of benzene rings is 3. The molecule has 0 bridgehead atoms. The smallest absolute Gasteiger partial charge is 0.267 e. The Hall–Kier alpha value is -2.83. The summed E-state index contributed by atoms with van der Waals surface area (Å²) in [4.78, 5) is 21.8. The van der Waals surface area contributed by atoms with Crippen molar-refractivity contribution in [1.29, 1.82) is 0 Å². The fourth-order valence-electron chi connectivity index (χ4n) is 2.58. The van der Waals surface area contributed by atoms with Crippen LogP contribution in [-0.4, -0.2) is 14.8 Å². The van der Waals surface area contributed by atoms with E-state index in [9.17, 15) is 4.79 Å². The maximum Gasteiger partial charge on any atom is 0.279 e. The summed E-state index contributed by atoms with van der Waals surface area (Å²) in [6.07, 6.45) is 0. The first-order valence-electron chi connectivity index (χ1n) is 8.26. The Morgan fingerprint density at radius 1 is 0.889 bits per heavy atom. The van der Waals surface area contributed by atoms with Gasteiger partial charge < -0.3 is 0 Å². The van der Waals surface area contributed by atoms with Gasteiger partial charge in [0, 0.05) is 15.6 Å². The van der Waals surface area contributed by atoms with Crippen molar-refractivity contribution >= 4 is 33.4 Å². The normalized spacial score (nSPS) is 11.5. The van der Waals surface area contributed by atoms with E-state index in [1.54, 1.807) is 12.1 Å². The molecule has 0 radical (unpaired) electrons. The highest BCUT2D eigenvalue weighted by molar-refractivity contribution is 9.10. The second kappa shape index (κ2) is 7.82. The molecule has 0 aliphatic heterocycles. The average molecular weight is 436 g/mol. The van der Waals surface area contributed by atoms with E-state index in [1.807, 2.05) is 76.8 Å². The zero-order valence-corrected chi connectivity index (χ0v) is 16.5. The molecule has 0 saturated carbocycles. The van der Waals surface area contributed by atoms with Crippen LogP contribution in [0.2, 0.25) is 0 Å². The summed E-state index contributed by atoms with van der Waals surface area (Å²) in [7, 11) is 0. The summed E-state index contributed by atoms with van der Waals surface area (Å²) in [5.41, 5.74) is 2.47. The minimum absolute atomic E-state index is 0.309. The third kappa shape index (κ3) is 3.97. The van der Waals surface area contributed by atoms with Gasteiger partial charge in [-0.2, -0.15) is 9.98 Å². The van der Waals surface area contributed by atoms with Crippen LogP contribution in [-0.2, 0) is 0 Å². The molecule has 0 spiro atoms. The zero-order chi connectivity index (χ0) is 18.6. The largest absolute Gasteiger partial charge is 0.279 e. The van der Waals surface area contributed by atoms with Gasteiger partial charge in [-0.1, -0.05) is 64.5 Å². The summed E-state index contributed by atoms with van der Waals surface area (Å²) in [5, 5.41) is 0. The number of nitrogens with zero attached hydrogens (tertiary/aromatic N) is 3. The van der Waals surface area contributed by atoms with Crippen molar-refractivity contribution in [3.05, 3.63) is 99.8 Å². The molecule has 4 rings (SSSR count). The van der Waals surface area contributed by atoms with Crippen molar-refractivity contribution in [3.63, 3.8) is 0 Å². The molecule has 0 N–H and O–H groups in total. The predicted octanol–water partition coefficient (Wildman–Crippen LogP) is 5.10. The molecule has 1 heterocycles. The number of amides is 1. The lowest BCUT2D eigenvalue weighted by Crippen LogP contribution is -2.05. The molecule has 1 aromatic heterocycles. The summed E-state index contributed by atoms with van der Waals surface area (Å²) in [5.74, 6) is 0.449. The lowest BCUT2D eigenvalue weighted by Gasteiger charge is -2.05. The number of carbonyl (C=O) groups is 1. The maximum atomic E-state index is 12.5. The summed E-state index contributed by atoms with van der Waals surface area (Å²) < 4.78 is 2.91. The van der Waals surface area contributed by atoms with E-state index in [0.717, 1.165) is 21.5 Å². The third-order valence-corrected chi connectivity index (χ3v) is 5.32. The molecule has 0 fully saturated rings. The van der Waals surface area contributed by atoms with Gasteiger partial charge in [0.15, 0.2) is 5.82 Å². The predicted molar refractivity (Wildman–Crippen MR) is 111 cm³/mol. The highest BCUT2D eigenvalue weighted by Crippen LogP contribution is 2.22. The molecule has 4 nitrogen and oxygen atoms in total. The van der Waals surface area contributed by atoms with E-state index in [4.69, 9.17) is 0 Å². The van der Waals surface area contributed by atoms with Crippen LogP contribution < -0.4 is 4.80 Å². The van der Waals surface area contributed by atoms with Gasteiger partial charge in [-0.25, -0.2) is 3.96 Å². The zero-order valence-electron chi connectivity index (χ0n) is 14.1. The molecule has 0 saturated heterocycles. The van der Waals surface area contributed by atoms with Crippen LogP contribution in [0.15, 0.2) is 94.4 Å². The van der Waals surface area contributed by atoms with Gasteiger partial charge in [-0.15, -0.1) is 0 Å². The van der Waals surface area contributed by atoms with E-state index >= 15 is 0 Å². The van der Waals surface area contributed by atoms with Gasteiger partial charge in [0.1, 0.15) is 0 Å². The second-order valence-electron chi connectivity index (χ2n) is 5.73. The van der Waals surface area contributed by atoms with E-state index in [0.29, 0.717) is 10.4 Å². The van der Waals surface area contributed by atoms with Crippen LogP contribution in [0.25, 0.3) is 17.1 Å². The maximum absolute atomic E-state index is 12.5. The standard InChI is InChI=1S/C21H14BrN3OS/c22-17-13-11-16(12-14-17)20(26)24-21-23-19(15-7-3-1-4-8-15)25(27-21)18-9-5-2-6-10-18/h1-14H. The highest BCUT2D eigenvalue weighted by Gasteiger charge is 2.12. The molecular formula is C21H14BrN3OS. The topological polar surface area (TPSA) is 47.2 Å². The molecule has 6 heteroatoms. The number of carbonyl (C=O) groups excluding carboxylic acids is 1. The minimum Gasteiger partial charge on any atom is -0.267 e. The lowest BCUT2D eigenvalue weighted by molar-refractivity contribution is 0.0998. The monoisotopic (exact) mass is 435 g/mol. The minimum atomic E-state index is -0.309. The van der Waals surface area contributed by atoms with Gasteiger partial charge in [0.05, 0.1) is 5.69 Å². The van der Waals surface area contributed by atoms with Crippen molar-refractivity contribution in [1.82, 2.24) is 8.94 Å². The van der Waals surface area contributed by atoms with Crippen LogP contribution in [0.3, 0.4) is 0 Å². The van der Waals surface area contributed by atoms with E-state index in [2.05, 4.69) is 25.9 Å². The number of rotatable bonds is 3. The number of hydrogen-bond donors (Lipinski definition) is 0. The van der Waals surface area contributed by atoms with Crippen molar-refractivity contribution in [2.24, 2.45) is 4.99 Å². The molecular weight excluding hydrogens is 422 g/mol. The third-order valence-electron chi connectivity index (χ3n) is 3.88. The van der Waals surface area contributed by atoms with Crippen LogP contribution in [0.1, 0.15) is 10.4 Å². The van der Waals surface area contributed by atoms with E-state index in [-0.39, 0.29) is 5.91 Å². The number of hydrogen-bond acceptors (Lipinski definition) is 3. The molecule has 0 atom stereocenters. The van der Waals surface area contributed by atoms with Gasteiger partial charge in [0.2, 0.25) is 4.80 Å². The van der Waals surface area contributed by atoms with Gasteiger partial charge in [-0.3, -0.25) is 4.79 Å². The van der Waals surface area contributed by atoms with Crippen molar-refractivity contribution in [2.75, 3.05) is 0 Å². The SMILES string of the molecule is O=C(N=c1nc(-c2ccccc2)n(-c2ccccc2)s1)c1ccc(Br)cc1. The molecule has 0 aliphatic rings. The molecule has 0 aliphatic carbocycles. The molecule has 27 heavy (non-hydrogen) atoms. The Morgan fingerprint density at radius 3 is 2.19 bits per heavy atom. The first-order valence-corrected chi connectivity index (χ1v) is 9.83. The van der Waals surface area contributed by atoms with Gasteiger partial charge >= 0.3 is 0 Å². The molecule has 0 unspecified atom stereocenters. The number of aromatic nitrogens is 2. The van der Waals surface area contributed by atoms with E-state index in [1.165, 1.54) is 11.5 Å². The lowest BCUT2D eigenvalue weighted by atomic mass is 10.2. The fourth-order valence-corrected chi connectivity index (χ4v) is 3.72. The van der Waals surface area contributed by atoms with Crippen LogP contribution in [0.5, 0.6) is 0 Å². The Bertz CT molecular complexity index is 1070. The Labute approximate surface area is 168 Å². The van der Waals surface area contributed by atoms with Gasteiger partial charge in [-0.05, 0) is 47.9 Å². The quantitative estimate of drug-likeness (QED) is 0.449. The van der Waals surface area contributed by atoms with Gasteiger partial charge in [0.25, 0.3) is 5.91 Å². The van der Waals surface area contributed by atoms with Crippen molar-refractivity contribution in [3.8, 4) is 17.1 Å². The molecule has 4 aromatic rings.